The minimum Gasteiger partial charge on any atom is -0.349 e. The number of thiophene rings is 1. The van der Waals surface area contributed by atoms with Crippen LogP contribution in [0.1, 0.15) is 68.9 Å². The maximum Gasteiger partial charge on any atom is 0.251 e. The number of nitrogens with one attached hydrogen (secondary N) is 1. The van der Waals surface area contributed by atoms with E-state index in [1.807, 2.05) is 30.1 Å². The number of allylic oxidation sites excluding steroid dienone is 1. The third-order valence-electron chi connectivity index (χ3n) is 6.29. The van der Waals surface area contributed by atoms with Crippen LogP contribution in [0.4, 0.5) is 0 Å². The Bertz CT molecular complexity index is 869. The molecule has 1 saturated carbocycles. The second kappa shape index (κ2) is 11.1. The molecule has 1 aromatic heterocycles. The van der Waals surface area contributed by atoms with Crippen LogP contribution < -0.4 is 5.32 Å². The Hall–Kier alpha value is -1.85. The Balaban J connectivity index is 1.84. The number of hydrogen-bond donors (Lipinski definition) is 1. The number of carbonyl (C=O) groups excluding carboxylic acids is 2. The lowest BCUT2D eigenvalue weighted by Crippen LogP contribution is -2.47. The Labute approximate surface area is 195 Å². The Morgan fingerprint density at radius 1 is 1.35 bits per heavy atom. The summed E-state index contributed by atoms with van der Waals surface area (Å²) < 4.78 is 0. The van der Waals surface area contributed by atoms with Gasteiger partial charge in [-0.15, -0.1) is 22.9 Å². The summed E-state index contributed by atoms with van der Waals surface area (Å²) in [5.41, 5.74) is 2.71. The molecule has 1 aliphatic heterocycles. The van der Waals surface area contributed by atoms with Crippen LogP contribution in [0.5, 0.6) is 0 Å². The van der Waals surface area contributed by atoms with Gasteiger partial charge in [0.05, 0.1) is 6.04 Å². The molecule has 0 saturated heterocycles. The number of fused-ring (bicyclic) bond motifs is 1. The van der Waals surface area contributed by atoms with Crippen molar-refractivity contribution in [1.29, 1.82) is 0 Å². The van der Waals surface area contributed by atoms with Crippen molar-refractivity contribution in [1.82, 2.24) is 10.2 Å². The van der Waals surface area contributed by atoms with E-state index in [1.54, 1.807) is 11.3 Å². The highest BCUT2D eigenvalue weighted by Crippen LogP contribution is 2.42. The second-order valence-corrected chi connectivity index (χ2v) is 9.62. The predicted octanol–water partition coefficient (Wildman–Crippen LogP) is 5.70. The van der Waals surface area contributed by atoms with E-state index in [2.05, 4.69) is 30.3 Å². The van der Waals surface area contributed by atoms with Crippen molar-refractivity contribution in [3.63, 3.8) is 0 Å². The highest BCUT2D eigenvalue weighted by Gasteiger charge is 2.38. The van der Waals surface area contributed by atoms with Crippen LogP contribution in [-0.4, -0.2) is 34.7 Å². The van der Waals surface area contributed by atoms with Crippen molar-refractivity contribution < 1.29 is 9.59 Å². The van der Waals surface area contributed by atoms with E-state index in [9.17, 15) is 9.59 Å². The summed E-state index contributed by atoms with van der Waals surface area (Å²) in [5.74, 6) is -0.151. The van der Waals surface area contributed by atoms with Gasteiger partial charge in [0.1, 0.15) is 5.88 Å². The lowest BCUT2D eigenvalue weighted by molar-refractivity contribution is -0.133. The monoisotopic (exact) mass is 460 g/mol. The normalized spacial score (nSPS) is 21.6. The number of nitrogens with zero attached hydrogens (tertiary/aromatic N) is 1. The average molecular weight is 461 g/mol. The van der Waals surface area contributed by atoms with Crippen molar-refractivity contribution in [2.75, 3.05) is 5.88 Å². The number of halogens is 1. The molecule has 168 valence electrons. The molecule has 1 N–H and O–H groups in total. The van der Waals surface area contributed by atoms with Crippen LogP contribution in [-0.2, 0) is 16.0 Å². The zero-order chi connectivity index (χ0) is 22.4. The van der Waals surface area contributed by atoms with Gasteiger partial charge in [-0.25, -0.2) is 0 Å². The summed E-state index contributed by atoms with van der Waals surface area (Å²) in [7, 11) is 0. The van der Waals surface area contributed by atoms with E-state index in [0.717, 1.165) is 49.0 Å². The standard InChI is InChI=1S/C25H33ClN2O2S/c1-4-6-10-21-15-19-13-14-31-24(19)23(28(21)22(29)16-26)17(3)11-12-18(5-2)25(30)27-20-8-7-9-20/h5,11-14,20-21,23H,3-4,6-10,15-16H2,1-2H3,(H,27,30)/b12-11-,18-5+/t21-,23-/m0/s1. The van der Waals surface area contributed by atoms with Crippen molar-refractivity contribution in [2.24, 2.45) is 0 Å². The molecule has 2 heterocycles. The van der Waals surface area contributed by atoms with Gasteiger partial charge >= 0.3 is 0 Å². The van der Waals surface area contributed by atoms with Crippen LogP contribution in [0.25, 0.3) is 0 Å². The number of unbranched alkanes of at least 4 members (excludes halogenated alkanes) is 1. The van der Waals surface area contributed by atoms with Crippen molar-refractivity contribution in [3.05, 3.63) is 57.8 Å². The molecule has 4 nitrogen and oxygen atoms in total. The molecule has 1 fully saturated rings. The number of alkyl halides is 1. The Morgan fingerprint density at radius 2 is 2.13 bits per heavy atom. The first-order valence-corrected chi connectivity index (χ1v) is 12.7. The third-order valence-corrected chi connectivity index (χ3v) is 7.53. The molecule has 3 rings (SSSR count). The maximum absolute atomic E-state index is 12.9. The third kappa shape index (κ3) is 5.50. The molecule has 2 atom stereocenters. The van der Waals surface area contributed by atoms with Crippen molar-refractivity contribution in [3.8, 4) is 0 Å². The molecule has 0 unspecified atom stereocenters. The van der Waals surface area contributed by atoms with Gasteiger partial charge < -0.3 is 10.2 Å². The van der Waals surface area contributed by atoms with E-state index in [4.69, 9.17) is 11.6 Å². The summed E-state index contributed by atoms with van der Waals surface area (Å²) in [4.78, 5) is 28.6. The lowest BCUT2D eigenvalue weighted by atomic mass is 9.88. The topological polar surface area (TPSA) is 49.4 Å². The molecule has 0 radical (unpaired) electrons. The molecule has 0 aromatic carbocycles. The second-order valence-electron chi connectivity index (χ2n) is 8.40. The molecular formula is C25H33ClN2O2S. The molecule has 0 spiro atoms. The average Bonchev–Trinajstić information content (AvgIpc) is 3.21. The predicted molar refractivity (Wildman–Crippen MR) is 129 cm³/mol. The van der Waals surface area contributed by atoms with Gasteiger partial charge in [-0.1, -0.05) is 38.5 Å². The molecule has 2 aliphatic rings. The van der Waals surface area contributed by atoms with Gasteiger partial charge in [-0.3, -0.25) is 9.59 Å². The fourth-order valence-electron chi connectivity index (χ4n) is 4.30. The van der Waals surface area contributed by atoms with E-state index in [-0.39, 0.29) is 29.8 Å². The van der Waals surface area contributed by atoms with Crippen LogP contribution in [0.15, 0.2) is 47.4 Å². The van der Waals surface area contributed by atoms with Crippen molar-refractivity contribution >= 4 is 34.8 Å². The quantitative estimate of drug-likeness (QED) is 0.292. The van der Waals surface area contributed by atoms with E-state index >= 15 is 0 Å². The summed E-state index contributed by atoms with van der Waals surface area (Å²) in [6, 6.07) is 2.34. The minimum absolute atomic E-state index is 0.0409. The summed E-state index contributed by atoms with van der Waals surface area (Å²) in [6.45, 7) is 8.35. The van der Waals surface area contributed by atoms with E-state index < -0.39 is 0 Å². The van der Waals surface area contributed by atoms with Gasteiger partial charge in [0, 0.05) is 22.5 Å². The summed E-state index contributed by atoms with van der Waals surface area (Å²) in [6.07, 6.45) is 12.8. The SMILES string of the molecule is C=C(/C=C\C(=C/C)C(=O)NC1CCC1)[C@H]1c2sccc2C[C@H](CCCC)N1C(=O)CCl. The number of rotatable bonds is 9. The smallest absolute Gasteiger partial charge is 0.251 e. The van der Waals surface area contributed by atoms with Crippen LogP contribution in [0, 0.1) is 0 Å². The van der Waals surface area contributed by atoms with Gasteiger partial charge in [-0.05, 0) is 67.7 Å². The maximum atomic E-state index is 12.9. The first-order valence-electron chi connectivity index (χ1n) is 11.3. The highest BCUT2D eigenvalue weighted by molar-refractivity contribution is 7.10. The lowest BCUT2D eigenvalue weighted by Gasteiger charge is -2.42. The van der Waals surface area contributed by atoms with Crippen LogP contribution >= 0.6 is 22.9 Å². The first kappa shape index (κ1) is 23.8. The first-order chi connectivity index (χ1) is 15.0. The highest BCUT2D eigenvalue weighted by atomic mass is 35.5. The fraction of sp³-hybridized carbons (Fsp3) is 0.520. The summed E-state index contributed by atoms with van der Waals surface area (Å²) in [5, 5.41) is 5.17. The van der Waals surface area contributed by atoms with Crippen LogP contribution in [0.3, 0.4) is 0 Å². The minimum atomic E-state index is -0.235. The molecule has 1 aromatic rings. The zero-order valence-corrected chi connectivity index (χ0v) is 20.1. The molecule has 6 heteroatoms. The molecule has 2 amide bonds. The molecule has 31 heavy (non-hydrogen) atoms. The number of carbonyl (C=O) groups is 2. The molecule has 1 aliphatic carbocycles. The summed E-state index contributed by atoms with van der Waals surface area (Å²) >= 11 is 7.68. The molecular weight excluding hydrogens is 428 g/mol. The van der Waals surface area contributed by atoms with Crippen LogP contribution in [0.2, 0.25) is 0 Å². The van der Waals surface area contributed by atoms with E-state index in [0.29, 0.717) is 11.6 Å². The van der Waals surface area contributed by atoms with Gasteiger partial charge in [0.15, 0.2) is 0 Å². The van der Waals surface area contributed by atoms with Gasteiger partial charge in [-0.2, -0.15) is 0 Å². The zero-order valence-electron chi connectivity index (χ0n) is 18.5. The van der Waals surface area contributed by atoms with Crippen molar-refractivity contribution in [2.45, 2.75) is 76.9 Å². The number of amides is 2. The Kier molecular flexibility index (Phi) is 8.56. The largest absolute Gasteiger partial charge is 0.349 e. The van der Waals surface area contributed by atoms with Gasteiger partial charge in [0.2, 0.25) is 5.91 Å². The van der Waals surface area contributed by atoms with E-state index in [1.165, 1.54) is 12.0 Å². The fourth-order valence-corrected chi connectivity index (χ4v) is 5.52. The molecule has 0 bridgehead atoms. The number of hydrogen-bond acceptors (Lipinski definition) is 3. The van der Waals surface area contributed by atoms with Gasteiger partial charge in [0.25, 0.3) is 5.91 Å². The Morgan fingerprint density at radius 3 is 2.74 bits per heavy atom.